The van der Waals surface area contributed by atoms with Crippen LogP contribution in [0.5, 0.6) is 0 Å². The SMILES string of the molecule is C=CCCC/C=C(\C)C(=O)OCC1OC2(O)C(O)[C@@H]2C(O)[C@@H]1O. The smallest absolute Gasteiger partial charge is 0.333 e. The largest absolute Gasteiger partial charge is 0.459 e. The molecule has 2 fully saturated rings. The van der Waals surface area contributed by atoms with Gasteiger partial charge in [0.1, 0.15) is 24.9 Å². The lowest BCUT2D eigenvalue weighted by Gasteiger charge is -2.33. The number of hydrogen-bond donors (Lipinski definition) is 4. The number of carbonyl (C=O) groups excluding carboxylic acids is 1. The second-order valence-corrected chi connectivity index (χ2v) is 6.07. The van der Waals surface area contributed by atoms with Gasteiger partial charge in [-0.25, -0.2) is 4.79 Å². The van der Waals surface area contributed by atoms with Gasteiger partial charge in [0.2, 0.25) is 5.79 Å². The lowest BCUT2D eigenvalue weighted by molar-refractivity contribution is -0.258. The Kier molecular flexibility index (Phi) is 5.59. The van der Waals surface area contributed by atoms with Crippen LogP contribution >= 0.6 is 0 Å². The predicted molar refractivity (Wildman–Crippen MR) is 80.1 cm³/mol. The molecule has 2 rings (SSSR count). The van der Waals surface area contributed by atoms with Crippen molar-refractivity contribution in [3.8, 4) is 0 Å². The highest BCUT2D eigenvalue weighted by Gasteiger charge is 2.74. The van der Waals surface area contributed by atoms with Crippen molar-refractivity contribution in [3.05, 3.63) is 24.3 Å². The molecule has 1 aliphatic heterocycles. The molecule has 6 atom stereocenters. The third-order valence-corrected chi connectivity index (χ3v) is 4.33. The fourth-order valence-corrected chi connectivity index (χ4v) is 2.75. The van der Waals surface area contributed by atoms with Crippen molar-refractivity contribution >= 4 is 5.97 Å². The third-order valence-electron chi connectivity index (χ3n) is 4.33. The topological polar surface area (TPSA) is 116 Å². The molecule has 0 aromatic heterocycles. The van der Waals surface area contributed by atoms with Crippen molar-refractivity contribution < 1.29 is 34.7 Å². The minimum absolute atomic E-state index is 0.323. The molecule has 0 spiro atoms. The fraction of sp³-hybridized carbons (Fsp3) is 0.688. The molecule has 4 unspecified atom stereocenters. The summed E-state index contributed by atoms with van der Waals surface area (Å²) in [5.41, 5.74) is 0.433. The molecule has 0 bridgehead atoms. The first-order valence-electron chi connectivity index (χ1n) is 7.72. The molecular weight excluding hydrogens is 304 g/mol. The Balaban J connectivity index is 1.83. The fourth-order valence-electron chi connectivity index (χ4n) is 2.75. The second-order valence-electron chi connectivity index (χ2n) is 6.07. The van der Waals surface area contributed by atoms with Crippen LogP contribution in [0.3, 0.4) is 0 Å². The van der Waals surface area contributed by atoms with Crippen LogP contribution in [0.25, 0.3) is 0 Å². The monoisotopic (exact) mass is 328 g/mol. The van der Waals surface area contributed by atoms with Gasteiger partial charge in [-0.15, -0.1) is 6.58 Å². The number of fused-ring (bicyclic) bond motifs is 1. The van der Waals surface area contributed by atoms with Crippen LogP contribution in [-0.2, 0) is 14.3 Å². The standard InChI is InChI=1S/C16H24O7/c1-3-4-5-6-7-9(2)15(20)22-8-10-12(17)13(18)11-14(19)16(11,21)23-10/h3,7,10-14,17-19,21H,1,4-6,8H2,2H3/b9-7+/t10?,11-,12+,13?,14?,16?/m0/s1. The molecule has 1 aliphatic carbocycles. The van der Waals surface area contributed by atoms with Crippen molar-refractivity contribution in [1.29, 1.82) is 0 Å². The molecule has 1 saturated heterocycles. The summed E-state index contributed by atoms with van der Waals surface area (Å²) in [7, 11) is 0. The van der Waals surface area contributed by atoms with E-state index in [1.54, 1.807) is 19.1 Å². The number of aliphatic hydroxyl groups excluding tert-OH is 3. The molecule has 7 nitrogen and oxygen atoms in total. The van der Waals surface area contributed by atoms with Gasteiger partial charge in [0.05, 0.1) is 12.0 Å². The number of ether oxygens (including phenoxy) is 2. The molecule has 1 saturated carbocycles. The van der Waals surface area contributed by atoms with E-state index in [0.717, 1.165) is 19.3 Å². The molecule has 0 aromatic carbocycles. The van der Waals surface area contributed by atoms with Crippen molar-refractivity contribution in [3.63, 3.8) is 0 Å². The molecule has 0 amide bonds. The Labute approximate surface area is 134 Å². The van der Waals surface area contributed by atoms with Gasteiger partial charge < -0.3 is 29.9 Å². The Bertz CT molecular complexity index is 489. The van der Waals surface area contributed by atoms with Crippen LogP contribution in [0.15, 0.2) is 24.3 Å². The van der Waals surface area contributed by atoms with E-state index in [4.69, 9.17) is 9.47 Å². The van der Waals surface area contributed by atoms with Crippen LogP contribution in [0.1, 0.15) is 26.2 Å². The highest BCUT2D eigenvalue weighted by molar-refractivity contribution is 5.87. The molecule has 4 N–H and O–H groups in total. The normalized spacial score (nSPS) is 39.5. The molecule has 0 aromatic rings. The van der Waals surface area contributed by atoms with Crippen molar-refractivity contribution in [2.75, 3.05) is 6.61 Å². The average Bonchev–Trinajstić information content (AvgIpc) is 3.07. The number of unbranched alkanes of at least 4 members (excludes halogenated alkanes) is 2. The van der Waals surface area contributed by atoms with Gasteiger partial charge in [-0.2, -0.15) is 0 Å². The Morgan fingerprint density at radius 2 is 2.00 bits per heavy atom. The van der Waals surface area contributed by atoms with Crippen molar-refractivity contribution in [1.82, 2.24) is 0 Å². The summed E-state index contributed by atoms with van der Waals surface area (Å²) in [4.78, 5) is 11.9. The molecule has 130 valence electrons. The third kappa shape index (κ3) is 3.64. The van der Waals surface area contributed by atoms with E-state index in [-0.39, 0.29) is 6.61 Å². The van der Waals surface area contributed by atoms with Gasteiger partial charge in [-0.3, -0.25) is 0 Å². The average molecular weight is 328 g/mol. The molecule has 7 heteroatoms. The van der Waals surface area contributed by atoms with E-state index in [2.05, 4.69) is 6.58 Å². The van der Waals surface area contributed by atoms with E-state index in [1.165, 1.54) is 0 Å². The van der Waals surface area contributed by atoms with Crippen LogP contribution in [0.4, 0.5) is 0 Å². The maximum atomic E-state index is 11.9. The van der Waals surface area contributed by atoms with Crippen LogP contribution in [0.2, 0.25) is 0 Å². The predicted octanol–water partition coefficient (Wildman–Crippen LogP) is -0.368. The van der Waals surface area contributed by atoms with E-state index in [1.807, 2.05) is 0 Å². The molecular formula is C16H24O7. The Morgan fingerprint density at radius 1 is 1.30 bits per heavy atom. The molecule has 1 heterocycles. The quantitative estimate of drug-likeness (QED) is 0.218. The van der Waals surface area contributed by atoms with Crippen molar-refractivity contribution in [2.45, 2.75) is 56.4 Å². The van der Waals surface area contributed by atoms with E-state index < -0.39 is 42.1 Å². The summed E-state index contributed by atoms with van der Waals surface area (Å²) in [6, 6.07) is 0. The summed E-state index contributed by atoms with van der Waals surface area (Å²) >= 11 is 0. The van der Waals surface area contributed by atoms with Gasteiger partial charge in [-0.05, 0) is 26.2 Å². The van der Waals surface area contributed by atoms with E-state index in [0.29, 0.717) is 5.57 Å². The first-order chi connectivity index (χ1) is 10.8. The first-order valence-corrected chi connectivity index (χ1v) is 7.72. The zero-order valence-corrected chi connectivity index (χ0v) is 13.1. The van der Waals surface area contributed by atoms with Gasteiger partial charge >= 0.3 is 5.97 Å². The summed E-state index contributed by atoms with van der Waals surface area (Å²) in [5, 5.41) is 39.2. The lowest BCUT2D eigenvalue weighted by Crippen LogP contribution is -2.51. The Morgan fingerprint density at radius 3 is 2.65 bits per heavy atom. The van der Waals surface area contributed by atoms with Gasteiger partial charge in [0, 0.05) is 5.57 Å². The number of aliphatic hydroxyl groups is 4. The summed E-state index contributed by atoms with van der Waals surface area (Å²) in [6.45, 7) is 4.92. The molecule has 23 heavy (non-hydrogen) atoms. The number of allylic oxidation sites excluding steroid dienone is 2. The molecule has 0 radical (unpaired) electrons. The van der Waals surface area contributed by atoms with Gasteiger partial charge in [0.25, 0.3) is 0 Å². The highest BCUT2D eigenvalue weighted by atomic mass is 16.7. The maximum Gasteiger partial charge on any atom is 0.333 e. The van der Waals surface area contributed by atoms with Crippen LogP contribution in [0, 0.1) is 5.92 Å². The number of carbonyl (C=O) groups is 1. The van der Waals surface area contributed by atoms with Crippen molar-refractivity contribution in [2.24, 2.45) is 5.92 Å². The van der Waals surface area contributed by atoms with Crippen LogP contribution in [-0.4, -0.2) is 63.2 Å². The van der Waals surface area contributed by atoms with E-state index >= 15 is 0 Å². The Hall–Kier alpha value is -1.25. The number of rotatable bonds is 7. The zero-order chi connectivity index (χ0) is 17.2. The number of esters is 1. The zero-order valence-electron chi connectivity index (χ0n) is 13.1. The van der Waals surface area contributed by atoms with Crippen LogP contribution < -0.4 is 0 Å². The van der Waals surface area contributed by atoms with E-state index in [9.17, 15) is 25.2 Å². The first kappa shape index (κ1) is 18.1. The lowest BCUT2D eigenvalue weighted by atomic mass is 10.0. The summed E-state index contributed by atoms with van der Waals surface area (Å²) < 4.78 is 10.2. The van der Waals surface area contributed by atoms with Gasteiger partial charge in [0.15, 0.2) is 0 Å². The minimum atomic E-state index is -1.87. The highest BCUT2D eigenvalue weighted by Crippen LogP contribution is 2.52. The number of hydrogen-bond acceptors (Lipinski definition) is 7. The second kappa shape index (κ2) is 7.11. The molecule has 2 aliphatic rings. The summed E-state index contributed by atoms with van der Waals surface area (Å²) in [6.07, 6.45) is 1.01. The summed E-state index contributed by atoms with van der Waals surface area (Å²) in [5.74, 6) is -3.36. The van der Waals surface area contributed by atoms with Gasteiger partial charge in [-0.1, -0.05) is 12.2 Å². The minimum Gasteiger partial charge on any atom is -0.459 e. The maximum absolute atomic E-state index is 11.9.